The van der Waals surface area contributed by atoms with Crippen LogP contribution in [0.1, 0.15) is 31.5 Å². The number of esters is 1. The van der Waals surface area contributed by atoms with Gasteiger partial charge in [0.1, 0.15) is 11.7 Å². The predicted octanol–water partition coefficient (Wildman–Crippen LogP) is 2.77. The maximum Gasteiger partial charge on any atom is 0.433 e. The van der Waals surface area contributed by atoms with Gasteiger partial charge in [-0.3, -0.25) is 9.89 Å². The lowest BCUT2D eigenvalue weighted by Gasteiger charge is -2.22. The van der Waals surface area contributed by atoms with Crippen molar-refractivity contribution in [2.45, 2.75) is 38.9 Å². The Balaban J connectivity index is 1.92. The molecule has 1 fully saturated rings. The first-order chi connectivity index (χ1) is 12.3. The third-order valence-electron chi connectivity index (χ3n) is 3.88. The van der Waals surface area contributed by atoms with E-state index in [2.05, 4.69) is 5.10 Å². The topological polar surface area (TPSA) is 75.3 Å². The number of thioether (sulfide) groups is 1. The minimum Gasteiger partial charge on any atom is -0.464 e. The second kappa shape index (κ2) is 8.61. The molecule has 26 heavy (non-hydrogen) atoms. The summed E-state index contributed by atoms with van der Waals surface area (Å²) < 4.78 is 43.4. The van der Waals surface area contributed by atoms with Gasteiger partial charge in [-0.15, -0.1) is 11.8 Å². The molecule has 1 aromatic heterocycles. The number of nitrogens with zero attached hydrogens (tertiary/aromatic N) is 2. The van der Waals surface area contributed by atoms with Crippen molar-refractivity contribution >= 4 is 23.6 Å². The van der Waals surface area contributed by atoms with Gasteiger partial charge >= 0.3 is 12.1 Å². The van der Waals surface area contributed by atoms with Crippen LogP contribution in [0.15, 0.2) is 17.8 Å². The van der Waals surface area contributed by atoms with Crippen molar-refractivity contribution in [2.24, 2.45) is 0 Å². The highest BCUT2D eigenvalue weighted by Crippen LogP contribution is 2.30. The molecule has 1 N–H and O–H groups in total. The van der Waals surface area contributed by atoms with E-state index in [9.17, 15) is 22.8 Å². The molecule has 2 rings (SSSR count). The van der Waals surface area contributed by atoms with Gasteiger partial charge in [0.25, 0.3) is 5.91 Å². The fourth-order valence-corrected chi connectivity index (χ4v) is 3.70. The summed E-state index contributed by atoms with van der Waals surface area (Å²) in [5.74, 6) is -0.0468. The summed E-state index contributed by atoms with van der Waals surface area (Å²) in [6.45, 7) is 3.38. The molecule has 1 amide bonds. The molecule has 1 aliphatic heterocycles. The molecule has 1 aromatic rings. The van der Waals surface area contributed by atoms with Gasteiger partial charge in [-0.05, 0) is 13.3 Å². The van der Waals surface area contributed by atoms with Crippen LogP contribution in [0, 0.1) is 0 Å². The smallest absolute Gasteiger partial charge is 0.433 e. The Morgan fingerprint density at radius 1 is 1.50 bits per heavy atom. The number of carbonyl (C=O) groups excluding carboxylic acids is 2. The van der Waals surface area contributed by atoms with Gasteiger partial charge in [-0.1, -0.05) is 13.0 Å². The average molecular weight is 391 g/mol. The van der Waals surface area contributed by atoms with Gasteiger partial charge in [-0.25, -0.2) is 4.79 Å². The molecule has 1 atom stereocenters. The van der Waals surface area contributed by atoms with Crippen LogP contribution in [-0.2, 0) is 26.9 Å². The van der Waals surface area contributed by atoms with Gasteiger partial charge in [-0.2, -0.15) is 18.3 Å². The lowest BCUT2D eigenvalue weighted by Crippen LogP contribution is -2.43. The largest absolute Gasteiger partial charge is 0.464 e. The molecule has 1 saturated heterocycles. The summed E-state index contributed by atoms with van der Waals surface area (Å²) >= 11 is 1.43. The highest BCUT2D eigenvalue weighted by molar-refractivity contribution is 7.99. The van der Waals surface area contributed by atoms with Crippen LogP contribution >= 0.6 is 11.8 Å². The van der Waals surface area contributed by atoms with Gasteiger partial charge in [0.05, 0.1) is 18.7 Å². The molecule has 0 aromatic carbocycles. The molecular formula is C16H20F3N3O3S. The molecule has 144 valence electrons. The van der Waals surface area contributed by atoms with Crippen LogP contribution in [0.4, 0.5) is 13.2 Å². The Labute approximate surface area is 153 Å². The second-order valence-corrected chi connectivity index (χ2v) is 6.77. The Morgan fingerprint density at radius 2 is 2.23 bits per heavy atom. The van der Waals surface area contributed by atoms with Crippen molar-refractivity contribution in [3.8, 4) is 0 Å². The number of allylic oxidation sites excluding steroid dienone is 1. The van der Waals surface area contributed by atoms with E-state index >= 15 is 0 Å². The van der Waals surface area contributed by atoms with Gasteiger partial charge < -0.3 is 9.64 Å². The molecule has 0 radical (unpaired) electrons. The number of rotatable bonds is 6. The van der Waals surface area contributed by atoms with Crippen molar-refractivity contribution in [2.75, 3.05) is 18.2 Å². The lowest BCUT2D eigenvalue weighted by atomic mass is 10.2. The first-order valence-corrected chi connectivity index (χ1v) is 9.22. The normalized spacial score (nSPS) is 18.3. The van der Waals surface area contributed by atoms with E-state index in [0.29, 0.717) is 23.6 Å². The summed E-state index contributed by atoms with van der Waals surface area (Å²) in [5, 5.41) is 5.30. The summed E-state index contributed by atoms with van der Waals surface area (Å²) in [6, 6.07) is -0.723. The standard InChI is InChI=1S/C16H20F3N3O3S/c1-3-4-10(2)14(23)22-9-26-8-12(22)15(24)25-6-5-11-7-20-21-13(11)16(17,18)19/h4,7,12H,3,5-6,8-9H2,1-2H3,(H,20,21)/b10-4-/t12-/m0/s1. The third-order valence-corrected chi connectivity index (χ3v) is 4.89. The van der Waals surface area contributed by atoms with Crippen LogP contribution in [0.5, 0.6) is 0 Å². The van der Waals surface area contributed by atoms with Crippen molar-refractivity contribution in [1.82, 2.24) is 15.1 Å². The number of nitrogens with one attached hydrogen (secondary N) is 1. The van der Waals surface area contributed by atoms with Gasteiger partial charge in [0, 0.05) is 23.3 Å². The number of H-pyrrole nitrogens is 1. The van der Waals surface area contributed by atoms with E-state index < -0.39 is 23.9 Å². The molecule has 0 bridgehead atoms. The van der Waals surface area contributed by atoms with Crippen LogP contribution in [0.3, 0.4) is 0 Å². The van der Waals surface area contributed by atoms with Crippen LogP contribution < -0.4 is 0 Å². The molecule has 0 spiro atoms. The Kier molecular flexibility index (Phi) is 6.74. The maximum absolute atomic E-state index is 12.8. The number of hydrogen-bond donors (Lipinski definition) is 1. The summed E-state index contributed by atoms with van der Waals surface area (Å²) in [7, 11) is 0. The number of halogens is 3. The summed E-state index contributed by atoms with van der Waals surface area (Å²) in [5.41, 5.74) is -0.455. The molecule has 1 aliphatic rings. The van der Waals surface area contributed by atoms with E-state index in [0.717, 1.165) is 6.20 Å². The Bertz CT molecular complexity index is 688. The second-order valence-electron chi connectivity index (χ2n) is 5.77. The average Bonchev–Trinajstić information content (AvgIpc) is 3.22. The van der Waals surface area contributed by atoms with E-state index in [-0.39, 0.29) is 24.5 Å². The van der Waals surface area contributed by atoms with E-state index in [1.165, 1.54) is 16.7 Å². The van der Waals surface area contributed by atoms with E-state index in [4.69, 9.17) is 4.74 Å². The zero-order valence-corrected chi connectivity index (χ0v) is 15.2. The number of alkyl halides is 3. The van der Waals surface area contributed by atoms with Crippen molar-refractivity contribution in [3.63, 3.8) is 0 Å². The number of amides is 1. The Morgan fingerprint density at radius 3 is 2.88 bits per heavy atom. The van der Waals surface area contributed by atoms with E-state index in [1.807, 2.05) is 12.0 Å². The highest BCUT2D eigenvalue weighted by atomic mass is 32.2. The minimum absolute atomic E-state index is 0.0687. The monoisotopic (exact) mass is 391 g/mol. The van der Waals surface area contributed by atoms with E-state index in [1.54, 1.807) is 13.0 Å². The number of carbonyl (C=O) groups is 2. The highest BCUT2D eigenvalue weighted by Gasteiger charge is 2.37. The lowest BCUT2D eigenvalue weighted by molar-refractivity contribution is -0.152. The van der Waals surface area contributed by atoms with Crippen molar-refractivity contribution in [1.29, 1.82) is 0 Å². The maximum atomic E-state index is 12.8. The molecule has 0 saturated carbocycles. The predicted molar refractivity (Wildman–Crippen MR) is 90.3 cm³/mol. The zero-order valence-electron chi connectivity index (χ0n) is 14.4. The minimum atomic E-state index is -4.54. The molecule has 6 nitrogen and oxygen atoms in total. The fraction of sp³-hybridized carbons (Fsp3) is 0.562. The molecule has 10 heteroatoms. The quantitative estimate of drug-likeness (QED) is 0.596. The van der Waals surface area contributed by atoms with Gasteiger partial charge in [0.15, 0.2) is 0 Å². The summed E-state index contributed by atoms with van der Waals surface area (Å²) in [6.07, 6.45) is -1.09. The van der Waals surface area contributed by atoms with Crippen molar-refractivity contribution in [3.05, 3.63) is 29.1 Å². The SMILES string of the molecule is CC/C=C(/C)C(=O)N1CSC[C@H]1C(=O)OCCc1cn[nH]c1C(F)(F)F. The first kappa shape index (κ1) is 20.3. The number of ether oxygens (including phenoxy) is 1. The zero-order chi connectivity index (χ0) is 19.3. The molecule has 0 aliphatic carbocycles. The fourth-order valence-electron chi connectivity index (χ4n) is 2.56. The molecule has 2 heterocycles. The van der Waals surface area contributed by atoms with Crippen LogP contribution in [0.2, 0.25) is 0 Å². The van der Waals surface area contributed by atoms with Crippen LogP contribution in [-0.4, -0.2) is 51.3 Å². The molecule has 0 unspecified atom stereocenters. The van der Waals surface area contributed by atoms with Crippen LogP contribution in [0.25, 0.3) is 0 Å². The number of hydrogen-bond acceptors (Lipinski definition) is 5. The van der Waals surface area contributed by atoms with Crippen molar-refractivity contribution < 1.29 is 27.5 Å². The number of aromatic amines is 1. The third kappa shape index (κ3) is 4.80. The summed E-state index contributed by atoms with van der Waals surface area (Å²) in [4.78, 5) is 26.1. The Hall–Kier alpha value is -1.97. The number of aromatic nitrogens is 2. The molecular weight excluding hydrogens is 371 g/mol. The van der Waals surface area contributed by atoms with Gasteiger partial charge in [0.2, 0.25) is 0 Å². The first-order valence-electron chi connectivity index (χ1n) is 8.07.